The number of rotatable bonds is 8. The van der Waals surface area contributed by atoms with Crippen molar-refractivity contribution in [1.82, 2.24) is 4.90 Å². The fourth-order valence-corrected chi connectivity index (χ4v) is 4.83. The normalized spacial score (nSPS) is 23.3. The second kappa shape index (κ2) is 13.6. The molecular weight excluding hydrogens is 456 g/mol. The van der Waals surface area contributed by atoms with Crippen molar-refractivity contribution in [2.24, 2.45) is 0 Å². The second-order valence-electron chi connectivity index (χ2n) is 9.55. The number of ether oxygens (including phenoxy) is 3. The Labute approximate surface area is 214 Å². The van der Waals surface area contributed by atoms with E-state index < -0.39 is 12.4 Å². The molecule has 4 rings (SSSR count). The molecule has 2 fully saturated rings. The SMILES string of the molecule is C=CCOC(=O)Nc1ccc([C@H]2O[C@@H](CN3CCCCCCC3)C[C@@H](c3ccc(CO)cc3)O2)cc1. The summed E-state index contributed by atoms with van der Waals surface area (Å²) in [5, 5.41) is 12.1. The molecule has 0 bridgehead atoms. The summed E-state index contributed by atoms with van der Waals surface area (Å²) >= 11 is 0. The van der Waals surface area contributed by atoms with Gasteiger partial charge in [-0.3, -0.25) is 5.32 Å². The van der Waals surface area contributed by atoms with Gasteiger partial charge in [0.15, 0.2) is 6.29 Å². The number of hydrogen-bond acceptors (Lipinski definition) is 6. The fraction of sp³-hybridized carbons (Fsp3) is 0.483. The quantitative estimate of drug-likeness (QED) is 0.457. The monoisotopic (exact) mass is 494 g/mol. The third kappa shape index (κ3) is 7.64. The molecule has 2 aromatic rings. The number of hydrogen-bond donors (Lipinski definition) is 2. The van der Waals surface area contributed by atoms with Crippen molar-refractivity contribution in [2.75, 3.05) is 31.6 Å². The lowest BCUT2D eigenvalue weighted by Crippen LogP contribution is -2.40. The lowest BCUT2D eigenvalue weighted by Gasteiger charge is -2.38. The van der Waals surface area contributed by atoms with Gasteiger partial charge in [-0.25, -0.2) is 4.79 Å². The molecule has 1 amide bonds. The van der Waals surface area contributed by atoms with Gasteiger partial charge < -0.3 is 24.2 Å². The number of aliphatic hydroxyl groups excluding tert-OH is 1. The maximum atomic E-state index is 11.8. The van der Waals surface area contributed by atoms with E-state index >= 15 is 0 Å². The van der Waals surface area contributed by atoms with Crippen LogP contribution in [-0.2, 0) is 20.8 Å². The van der Waals surface area contributed by atoms with E-state index in [4.69, 9.17) is 14.2 Å². The number of likely N-dealkylation sites (tertiary alicyclic amines) is 1. The third-order valence-electron chi connectivity index (χ3n) is 6.79. The highest BCUT2D eigenvalue weighted by Crippen LogP contribution is 2.38. The lowest BCUT2D eigenvalue weighted by atomic mass is 9.99. The minimum absolute atomic E-state index is 0.0244. The molecule has 0 aliphatic carbocycles. The summed E-state index contributed by atoms with van der Waals surface area (Å²) in [5.41, 5.74) is 3.50. The number of aliphatic hydroxyl groups is 1. The van der Waals surface area contributed by atoms with Gasteiger partial charge in [0, 0.05) is 24.2 Å². The molecule has 0 aromatic heterocycles. The van der Waals surface area contributed by atoms with Gasteiger partial charge in [0.05, 0.1) is 18.8 Å². The Bertz CT molecular complexity index is 955. The van der Waals surface area contributed by atoms with E-state index in [0.29, 0.717) is 5.69 Å². The van der Waals surface area contributed by atoms with E-state index in [2.05, 4.69) is 16.8 Å². The third-order valence-corrected chi connectivity index (χ3v) is 6.79. The van der Waals surface area contributed by atoms with Crippen LogP contribution < -0.4 is 5.32 Å². The topological polar surface area (TPSA) is 80.3 Å². The highest BCUT2D eigenvalue weighted by molar-refractivity contribution is 5.84. The Hall–Kier alpha value is -2.71. The molecule has 3 atom stereocenters. The average molecular weight is 495 g/mol. The zero-order chi connectivity index (χ0) is 25.2. The van der Waals surface area contributed by atoms with Crippen LogP contribution in [0.25, 0.3) is 0 Å². The first-order valence-electron chi connectivity index (χ1n) is 13.0. The molecular formula is C29H38N2O5. The van der Waals surface area contributed by atoms with Crippen LogP contribution in [0.1, 0.15) is 67.6 Å². The number of carbonyl (C=O) groups excluding carboxylic acids is 1. The Morgan fingerprint density at radius 1 is 1.00 bits per heavy atom. The first-order valence-corrected chi connectivity index (χ1v) is 13.0. The lowest BCUT2D eigenvalue weighted by molar-refractivity contribution is -0.253. The average Bonchev–Trinajstić information content (AvgIpc) is 2.89. The van der Waals surface area contributed by atoms with Crippen LogP contribution in [0.5, 0.6) is 0 Å². The number of benzene rings is 2. The molecule has 0 unspecified atom stereocenters. The van der Waals surface area contributed by atoms with Gasteiger partial charge in [-0.2, -0.15) is 0 Å². The minimum Gasteiger partial charge on any atom is -0.445 e. The number of nitrogens with one attached hydrogen (secondary N) is 1. The molecule has 36 heavy (non-hydrogen) atoms. The highest BCUT2D eigenvalue weighted by atomic mass is 16.7. The van der Waals surface area contributed by atoms with Crippen molar-refractivity contribution in [1.29, 1.82) is 0 Å². The molecule has 7 nitrogen and oxygen atoms in total. The van der Waals surface area contributed by atoms with E-state index in [0.717, 1.165) is 42.7 Å². The van der Waals surface area contributed by atoms with Gasteiger partial charge in [0.2, 0.25) is 0 Å². The summed E-state index contributed by atoms with van der Waals surface area (Å²) in [4.78, 5) is 14.4. The number of carbonyl (C=O) groups is 1. The summed E-state index contributed by atoms with van der Waals surface area (Å²) in [5.74, 6) is 0. The molecule has 2 aliphatic heterocycles. The van der Waals surface area contributed by atoms with Gasteiger partial charge in [0.1, 0.15) is 6.61 Å². The molecule has 0 radical (unpaired) electrons. The van der Waals surface area contributed by atoms with E-state index in [1.807, 2.05) is 48.5 Å². The van der Waals surface area contributed by atoms with E-state index in [1.165, 1.54) is 38.2 Å². The standard InChI is InChI=1S/C29H38N2O5/c1-2-18-34-29(33)30-25-14-12-24(13-15-25)28-35-26(20-31-16-6-4-3-5-7-17-31)19-27(36-28)23-10-8-22(21-32)9-11-23/h2,8-15,26-28,32H,1,3-7,16-21H2,(H,30,33)/t26-,27+,28+/m1/s1. The van der Waals surface area contributed by atoms with Crippen LogP contribution in [0.2, 0.25) is 0 Å². The van der Waals surface area contributed by atoms with Crippen molar-refractivity contribution < 1.29 is 24.1 Å². The van der Waals surface area contributed by atoms with Crippen molar-refractivity contribution in [3.05, 3.63) is 77.9 Å². The van der Waals surface area contributed by atoms with E-state index in [9.17, 15) is 9.90 Å². The molecule has 194 valence electrons. The van der Waals surface area contributed by atoms with Crippen LogP contribution in [0.3, 0.4) is 0 Å². The van der Waals surface area contributed by atoms with E-state index in [1.54, 1.807) is 0 Å². The maximum absolute atomic E-state index is 11.8. The Morgan fingerprint density at radius 3 is 2.33 bits per heavy atom. The molecule has 2 aliphatic rings. The fourth-order valence-electron chi connectivity index (χ4n) is 4.83. The number of nitrogens with zero attached hydrogens (tertiary/aromatic N) is 1. The molecule has 0 spiro atoms. The van der Waals surface area contributed by atoms with Crippen LogP contribution in [0.15, 0.2) is 61.2 Å². The number of amides is 1. The minimum atomic E-state index is -0.521. The molecule has 0 saturated carbocycles. The zero-order valence-electron chi connectivity index (χ0n) is 20.9. The number of anilines is 1. The van der Waals surface area contributed by atoms with Crippen LogP contribution in [-0.4, -0.2) is 48.4 Å². The maximum Gasteiger partial charge on any atom is 0.411 e. The summed E-state index contributed by atoms with van der Waals surface area (Å²) in [6.07, 6.45) is 7.62. The predicted octanol–water partition coefficient (Wildman–Crippen LogP) is 5.72. The Kier molecular flexibility index (Phi) is 9.93. The first-order chi connectivity index (χ1) is 17.6. The predicted molar refractivity (Wildman–Crippen MR) is 140 cm³/mol. The van der Waals surface area contributed by atoms with Crippen molar-refractivity contribution in [3.63, 3.8) is 0 Å². The van der Waals surface area contributed by atoms with Crippen LogP contribution in [0.4, 0.5) is 10.5 Å². The highest BCUT2D eigenvalue weighted by Gasteiger charge is 2.33. The van der Waals surface area contributed by atoms with Gasteiger partial charge in [-0.05, 0) is 49.2 Å². The summed E-state index contributed by atoms with van der Waals surface area (Å²) in [7, 11) is 0. The molecule has 2 N–H and O–H groups in total. The smallest absolute Gasteiger partial charge is 0.411 e. The second-order valence-corrected chi connectivity index (χ2v) is 9.55. The largest absolute Gasteiger partial charge is 0.445 e. The Balaban J connectivity index is 1.47. The zero-order valence-corrected chi connectivity index (χ0v) is 20.9. The van der Waals surface area contributed by atoms with Crippen LogP contribution >= 0.6 is 0 Å². The van der Waals surface area contributed by atoms with Crippen molar-refractivity contribution in [2.45, 2.75) is 63.6 Å². The molecule has 7 heteroatoms. The van der Waals surface area contributed by atoms with E-state index in [-0.39, 0.29) is 25.4 Å². The molecule has 2 aromatic carbocycles. The van der Waals surface area contributed by atoms with Crippen molar-refractivity contribution >= 4 is 11.8 Å². The summed E-state index contributed by atoms with van der Waals surface area (Å²) < 4.78 is 17.9. The van der Waals surface area contributed by atoms with Crippen LogP contribution in [0, 0.1) is 0 Å². The molecule has 2 saturated heterocycles. The molecule has 2 heterocycles. The van der Waals surface area contributed by atoms with Gasteiger partial charge in [-0.15, -0.1) is 0 Å². The van der Waals surface area contributed by atoms with Crippen molar-refractivity contribution in [3.8, 4) is 0 Å². The summed E-state index contributed by atoms with van der Waals surface area (Å²) in [6.45, 7) is 6.85. The summed E-state index contributed by atoms with van der Waals surface area (Å²) in [6, 6.07) is 15.4. The Morgan fingerprint density at radius 2 is 1.67 bits per heavy atom. The van der Waals surface area contributed by atoms with Gasteiger partial charge in [-0.1, -0.05) is 68.3 Å². The first kappa shape index (κ1) is 26.4. The van der Waals surface area contributed by atoms with Gasteiger partial charge >= 0.3 is 6.09 Å². The van der Waals surface area contributed by atoms with Gasteiger partial charge in [0.25, 0.3) is 0 Å².